The number of nitrogens with one attached hydrogen (secondary N) is 1. The minimum atomic E-state index is -3.26. The summed E-state index contributed by atoms with van der Waals surface area (Å²) in [5.41, 5.74) is 0.676. The molecule has 2 fully saturated rings. The quantitative estimate of drug-likeness (QED) is 0.762. The zero-order valence-corrected chi connectivity index (χ0v) is 16.5. The van der Waals surface area contributed by atoms with Crippen LogP contribution >= 0.6 is 0 Å². The van der Waals surface area contributed by atoms with Crippen LogP contribution in [0.1, 0.15) is 13.3 Å². The maximum absolute atomic E-state index is 14.7. The van der Waals surface area contributed by atoms with Crippen molar-refractivity contribution >= 4 is 33.4 Å². The number of carbonyl (C=O) groups excluding carboxylic acids is 2. The van der Waals surface area contributed by atoms with E-state index in [4.69, 9.17) is 4.74 Å². The number of carbonyl (C=O) groups is 2. The molecular formula is C17H23FN4O5S. The molecule has 0 aromatic heterocycles. The molecule has 2 heterocycles. The third-order valence-corrected chi connectivity index (χ3v) is 6.05. The summed E-state index contributed by atoms with van der Waals surface area (Å²) in [5.74, 6) is -0.756. The molecule has 0 unspecified atom stereocenters. The molecule has 11 heteroatoms. The SMILES string of the molecule is CCC(=O)N[C@@H]1CN(c2ccc(N3CCN(S(C)(=O)=O)CC3)c(F)c2)C(=O)O1. The van der Waals surface area contributed by atoms with Gasteiger partial charge in [0.1, 0.15) is 5.82 Å². The summed E-state index contributed by atoms with van der Waals surface area (Å²) < 4.78 is 44.3. The highest BCUT2D eigenvalue weighted by atomic mass is 32.2. The van der Waals surface area contributed by atoms with E-state index in [1.165, 1.54) is 15.3 Å². The Bertz CT molecular complexity index is 870. The number of amides is 2. The second kappa shape index (κ2) is 7.92. The Morgan fingerprint density at radius 2 is 1.96 bits per heavy atom. The fourth-order valence-corrected chi connectivity index (χ4v) is 4.04. The van der Waals surface area contributed by atoms with Crippen LogP contribution in [0.5, 0.6) is 0 Å². The minimum Gasteiger partial charge on any atom is -0.423 e. The molecule has 2 saturated heterocycles. The second-order valence-electron chi connectivity index (χ2n) is 6.69. The molecule has 0 saturated carbocycles. The van der Waals surface area contributed by atoms with Crippen LogP contribution in [0.15, 0.2) is 18.2 Å². The number of benzene rings is 1. The van der Waals surface area contributed by atoms with E-state index in [0.717, 1.165) is 6.26 Å². The number of anilines is 2. The molecular weight excluding hydrogens is 391 g/mol. The van der Waals surface area contributed by atoms with Gasteiger partial charge in [-0.2, -0.15) is 4.31 Å². The molecule has 0 bridgehead atoms. The Morgan fingerprint density at radius 1 is 1.29 bits per heavy atom. The van der Waals surface area contributed by atoms with Crippen LogP contribution < -0.4 is 15.1 Å². The van der Waals surface area contributed by atoms with Crippen molar-refractivity contribution in [1.82, 2.24) is 9.62 Å². The van der Waals surface area contributed by atoms with Gasteiger partial charge in [-0.05, 0) is 18.2 Å². The van der Waals surface area contributed by atoms with Gasteiger partial charge >= 0.3 is 6.09 Å². The standard InChI is InChI=1S/C17H23FN4O5S/c1-3-15(23)19-16-11-22(17(24)27-16)12-4-5-14(13(18)10-12)20-6-8-21(9-7-20)28(2,25)26/h4-5,10,16H,3,6-9,11H2,1-2H3,(H,19,23)/t16-/m0/s1. The largest absolute Gasteiger partial charge is 0.423 e. The van der Waals surface area contributed by atoms with Gasteiger partial charge in [0.2, 0.25) is 15.9 Å². The van der Waals surface area contributed by atoms with E-state index in [2.05, 4.69) is 5.32 Å². The summed E-state index contributed by atoms with van der Waals surface area (Å²) >= 11 is 0. The lowest BCUT2D eigenvalue weighted by Crippen LogP contribution is -2.48. The van der Waals surface area contributed by atoms with Gasteiger partial charge in [-0.15, -0.1) is 0 Å². The van der Waals surface area contributed by atoms with Crippen molar-refractivity contribution in [3.8, 4) is 0 Å². The lowest BCUT2D eigenvalue weighted by Gasteiger charge is -2.35. The highest BCUT2D eigenvalue weighted by Crippen LogP contribution is 2.28. The average Bonchev–Trinajstić information content (AvgIpc) is 3.01. The van der Waals surface area contributed by atoms with Crippen LogP contribution in [0.4, 0.5) is 20.6 Å². The smallest absolute Gasteiger partial charge is 0.416 e. The van der Waals surface area contributed by atoms with E-state index in [1.54, 1.807) is 24.0 Å². The summed E-state index contributed by atoms with van der Waals surface area (Å²) in [5, 5.41) is 2.57. The first kappa shape index (κ1) is 20.3. The number of nitrogens with zero attached hydrogens (tertiary/aromatic N) is 3. The van der Waals surface area contributed by atoms with E-state index < -0.39 is 28.2 Å². The monoisotopic (exact) mass is 414 g/mol. The second-order valence-corrected chi connectivity index (χ2v) is 8.67. The Balaban J connectivity index is 1.68. The summed E-state index contributed by atoms with van der Waals surface area (Å²) in [6.45, 7) is 3.11. The lowest BCUT2D eigenvalue weighted by molar-refractivity contribution is -0.123. The first-order valence-electron chi connectivity index (χ1n) is 8.96. The Kier molecular flexibility index (Phi) is 5.75. The zero-order valence-electron chi connectivity index (χ0n) is 15.7. The van der Waals surface area contributed by atoms with E-state index in [-0.39, 0.29) is 32.0 Å². The number of cyclic esters (lactones) is 1. The van der Waals surface area contributed by atoms with Crippen molar-refractivity contribution < 1.29 is 27.1 Å². The van der Waals surface area contributed by atoms with E-state index in [0.29, 0.717) is 24.5 Å². The first-order chi connectivity index (χ1) is 13.2. The molecule has 2 aliphatic heterocycles. The Hall–Kier alpha value is -2.40. The number of piperazine rings is 1. The van der Waals surface area contributed by atoms with Gasteiger partial charge in [-0.1, -0.05) is 6.92 Å². The maximum Gasteiger partial charge on any atom is 0.416 e. The number of rotatable bonds is 5. The third-order valence-electron chi connectivity index (χ3n) is 4.75. The summed E-state index contributed by atoms with van der Waals surface area (Å²) in [7, 11) is -3.26. The van der Waals surface area contributed by atoms with Gasteiger partial charge in [0.25, 0.3) is 0 Å². The van der Waals surface area contributed by atoms with Gasteiger partial charge in [-0.25, -0.2) is 17.6 Å². The predicted octanol–water partition coefficient (Wildman–Crippen LogP) is 0.716. The van der Waals surface area contributed by atoms with E-state index in [9.17, 15) is 22.4 Å². The molecule has 28 heavy (non-hydrogen) atoms. The predicted molar refractivity (Wildman–Crippen MR) is 101 cm³/mol. The number of ether oxygens (including phenoxy) is 1. The number of sulfonamides is 1. The highest BCUT2D eigenvalue weighted by Gasteiger charge is 2.34. The molecule has 0 spiro atoms. The van der Waals surface area contributed by atoms with Crippen LogP contribution in [0.2, 0.25) is 0 Å². The van der Waals surface area contributed by atoms with Gasteiger partial charge in [-0.3, -0.25) is 9.69 Å². The maximum atomic E-state index is 14.7. The summed E-state index contributed by atoms with van der Waals surface area (Å²) in [6.07, 6.45) is -0.00469. The molecule has 2 amide bonds. The van der Waals surface area contributed by atoms with Crippen LogP contribution in [0.3, 0.4) is 0 Å². The molecule has 0 aliphatic carbocycles. The van der Waals surface area contributed by atoms with Crippen molar-refractivity contribution in [2.45, 2.75) is 19.6 Å². The molecule has 1 aromatic carbocycles. The van der Waals surface area contributed by atoms with Crippen molar-refractivity contribution in [1.29, 1.82) is 0 Å². The highest BCUT2D eigenvalue weighted by molar-refractivity contribution is 7.88. The number of hydrogen-bond acceptors (Lipinski definition) is 6. The number of hydrogen-bond donors (Lipinski definition) is 1. The number of halogens is 1. The minimum absolute atomic E-state index is 0.0936. The van der Waals surface area contributed by atoms with Crippen LogP contribution in [-0.4, -0.2) is 69.9 Å². The van der Waals surface area contributed by atoms with Gasteiger partial charge in [0, 0.05) is 32.6 Å². The van der Waals surface area contributed by atoms with Crippen LogP contribution in [-0.2, 0) is 19.6 Å². The van der Waals surface area contributed by atoms with Crippen LogP contribution in [0, 0.1) is 5.82 Å². The molecule has 1 aromatic rings. The molecule has 154 valence electrons. The van der Waals surface area contributed by atoms with Crippen molar-refractivity contribution in [2.24, 2.45) is 0 Å². The van der Waals surface area contributed by atoms with Gasteiger partial charge in [0.05, 0.1) is 24.2 Å². The summed E-state index contributed by atoms with van der Waals surface area (Å²) in [6, 6.07) is 4.40. The molecule has 1 N–H and O–H groups in total. The third kappa shape index (κ3) is 4.36. The average molecular weight is 414 g/mol. The van der Waals surface area contributed by atoms with Gasteiger partial charge < -0.3 is 15.0 Å². The van der Waals surface area contributed by atoms with Crippen molar-refractivity contribution in [3.05, 3.63) is 24.0 Å². The lowest BCUT2D eigenvalue weighted by atomic mass is 10.2. The Morgan fingerprint density at radius 3 is 2.54 bits per heavy atom. The fraction of sp³-hybridized carbons (Fsp3) is 0.529. The van der Waals surface area contributed by atoms with Crippen molar-refractivity contribution in [3.63, 3.8) is 0 Å². The molecule has 9 nitrogen and oxygen atoms in total. The Labute approximate surface area is 163 Å². The molecule has 1 atom stereocenters. The molecule has 3 rings (SSSR count). The van der Waals surface area contributed by atoms with Crippen molar-refractivity contribution in [2.75, 3.05) is 48.8 Å². The normalized spacial score (nSPS) is 21.0. The fourth-order valence-electron chi connectivity index (χ4n) is 3.21. The molecule has 2 aliphatic rings. The van der Waals surface area contributed by atoms with Crippen LogP contribution in [0.25, 0.3) is 0 Å². The zero-order chi connectivity index (χ0) is 20.5. The molecule has 0 radical (unpaired) electrons. The topological polar surface area (TPSA) is 99.3 Å². The van der Waals surface area contributed by atoms with E-state index in [1.807, 2.05) is 0 Å². The van der Waals surface area contributed by atoms with E-state index >= 15 is 0 Å². The summed E-state index contributed by atoms with van der Waals surface area (Å²) in [4.78, 5) is 26.5. The first-order valence-corrected chi connectivity index (χ1v) is 10.8. The van der Waals surface area contributed by atoms with Gasteiger partial charge in [0.15, 0.2) is 6.23 Å².